The molecule has 0 aliphatic carbocycles. The number of halogens is 2. The van der Waals surface area contributed by atoms with Crippen molar-refractivity contribution in [3.63, 3.8) is 0 Å². The van der Waals surface area contributed by atoms with Crippen molar-refractivity contribution in [3.8, 4) is 0 Å². The molecule has 1 rings (SSSR count). The summed E-state index contributed by atoms with van der Waals surface area (Å²) in [7, 11) is 0. The third-order valence-electron chi connectivity index (χ3n) is 1.81. The van der Waals surface area contributed by atoms with Crippen molar-refractivity contribution in [1.82, 2.24) is 0 Å². The molecule has 5 heteroatoms. The van der Waals surface area contributed by atoms with Crippen molar-refractivity contribution in [2.75, 3.05) is 12.3 Å². The topological polar surface area (TPSA) is 52.3 Å². The third kappa shape index (κ3) is 2.43. The van der Waals surface area contributed by atoms with E-state index >= 15 is 0 Å². The number of hydrogen-bond acceptors (Lipinski definition) is 3. The third-order valence-corrected chi connectivity index (χ3v) is 1.81. The minimum absolute atomic E-state index is 0.0800. The fourth-order valence-corrected chi connectivity index (χ4v) is 1.03. The first-order chi connectivity index (χ1) is 6.98. The molecule has 0 aliphatic heterocycles. The summed E-state index contributed by atoms with van der Waals surface area (Å²) in [6, 6.07) is 4.82. The number of hydrogen-bond donors (Lipinski definition) is 1. The van der Waals surface area contributed by atoms with Gasteiger partial charge in [0.05, 0.1) is 6.61 Å². The Bertz CT molecular complexity index is 349. The Balaban J connectivity index is 2.94. The van der Waals surface area contributed by atoms with Crippen LogP contribution in [0.5, 0.6) is 0 Å². The number of rotatable bonds is 3. The van der Waals surface area contributed by atoms with Crippen LogP contribution in [-0.2, 0) is 15.5 Å². The van der Waals surface area contributed by atoms with Gasteiger partial charge < -0.3 is 10.5 Å². The molecule has 15 heavy (non-hydrogen) atoms. The van der Waals surface area contributed by atoms with Crippen molar-refractivity contribution in [3.05, 3.63) is 29.8 Å². The van der Waals surface area contributed by atoms with Gasteiger partial charge >= 0.3 is 11.9 Å². The average molecular weight is 215 g/mol. The van der Waals surface area contributed by atoms with E-state index in [-0.39, 0.29) is 6.61 Å². The second kappa shape index (κ2) is 4.25. The first-order valence-electron chi connectivity index (χ1n) is 4.39. The number of nitrogen functional groups attached to an aromatic ring is 1. The zero-order valence-corrected chi connectivity index (χ0v) is 8.17. The number of ether oxygens (including phenoxy) is 1. The van der Waals surface area contributed by atoms with Crippen molar-refractivity contribution >= 4 is 11.7 Å². The Morgan fingerprint density at radius 1 is 1.40 bits per heavy atom. The average Bonchev–Trinajstić information content (AvgIpc) is 2.18. The summed E-state index contributed by atoms with van der Waals surface area (Å²) in [6.45, 7) is 1.39. The molecule has 0 spiro atoms. The highest BCUT2D eigenvalue weighted by Gasteiger charge is 2.42. The lowest BCUT2D eigenvalue weighted by atomic mass is 10.1. The normalized spacial score (nSPS) is 11.1. The molecule has 0 saturated carbocycles. The summed E-state index contributed by atoms with van der Waals surface area (Å²) in [6.07, 6.45) is 0. The molecule has 0 unspecified atom stereocenters. The fourth-order valence-electron chi connectivity index (χ4n) is 1.03. The van der Waals surface area contributed by atoms with Crippen LogP contribution in [-0.4, -0.2) is 12.6 Å². The van der Waals surface area contributed by atoms with Crippen molar-refractivity contribution in [1.29, 1.82) is 0 Å². The van der Waals surface area contributed by atoms with Crippen molar-refractivity contribution < 1.29 is 18.3 Å². The first-order valence-corrected chi connectivity index (χ1v) is 4.39. The number of esters is 1. The summed E-state index contributed by atoms with van der Waals surface area (Å²) >= 11 is 0. The van der Waals surface area contributed by atoms with Gasteiger partial charge in [-0.1, -0.05) is 12.1 Å². The molecule has 0 aliphatic rings. The largest absolute Gasteiger partial charge is 0.461 e. The van der Waals surface area contributed by atoms with E-state index in [9.17, 15) is 13.6 Å². The number of nitrogens with two attached hydrogens (primary N) is 1. The van der Waals surface area contributed by atoms with Crippen LogP contribution in [0.4, 0.5) is 14.5 Å². The van der Waals surface area contributed by atoms with Crippen LogP contribution in [0.3, 0.4) is 0 Å². The molecule has 0 radical (unpaired) electrons. The standard InChI is InChI=1S/C10H11F2NO2/c1-2-15-9(14)10(11,12)7-3-5-8(13)6-4-7/h3-6H,2,13H2,1H3. The summed E-state index contributed by atoms with van der Waals surface area (Å²) in [5, 5.41) is 0. The van der Waals surface area contributed by atoms with Gasteiger partial charge in [-0.15, -0.1) is 0 Å². The summed E-state index contributed by atoms with van der Waals surface area (Å²) in [4.78, 5) is 10.9. The van der Waals surface area contributed by atoms with E-state index in [0.29, 0.717) is 5.69 Å². The van der Waals surface area contributed by atoms with Crippen LogP contribution < -0.4 is 5.73 Å². The lowest BCUT2D eigenvalue weighted by molar-refractivity contribution is -0.173. The van der Waals surface area contributed by atoms with Gasteiger partial charge in [0.25, 0.3) is 0 Å². The minimum atomic E-state index is -3.62. The molecule has 0 bridgehead atoms. The van der Waals surface area contributed by atoms with Gasteiger partial charge in [-0.05, 0) is 19.1 Å². The number of carbonyl (C=O) groups is 1. The second-order valence-electron chi connectivity index (χ2n) is 2.92. The van der Waals surface area contributed by atoms with Gasteiger partial charge in [0.15, 0.2) is 0 Å². The number of alkyl halides is 2. The highest BCUT2D eigenvalue weighted by molar-refractivity contribution is 5.79. The maximum absolute atomic E-state index is 13.4. The SMILES string of the molecule is CCOC(=O)C(F)(F)c1ccc(N)cc1. The Morgan fingerprint density at radius 2 is 1.93 bits per heavy atom. The molecule has 1 aromatic carbocycles. The molecule has 0 aromatic heterocycles. The second-order valence-corrected chi connectivity index (χ2v) is 2.92. The number of benzene rings is 1. The van der Waals surface area contributed by atoms with E-state index in [1.54, 1.807) is 0 Å². The molecule has 0 heterocycles. The molecule has 0 saturated heterocycles. The monoisotopic (exact) mass is 215 g/mol. The van der Waals surface area contributed by atoms with Crippen molar-refractivity contribution in [2.24, 2.45) is 0 Å². The van der Waals surface area contributed by atoms with E-state index in [0.717, 1.165) is 12.1 Å². The van der Waals surface area contributed by atoms with E-state index in [1.807, 2.05) is 0 Å². The lowest BCUT2D eigenvalue weighted by Crippen LogP contribution is -2.28. The maximum atomic E-state index is 13.4. The van der Waals surface area contributed by atoms with E-state index in [4.69, 9.17) is 5.73 Å². The van der Waals surface area contributed by atoms with E-state index in [1.165, 1.54) is 19.1 Å². The predicted octanol–water partition coefficient (Wildman–Crippen LogP) is 1.92. The smallest absolute Gasteiger partial charge is 0.381 e. The lowest BCUT2D eigenvalue weighted by Gasteiger charge is -2.14. The zero-order chi connectivity index (χ0) is 11.5. The van der Waals surface area contributed by atoms with E-state index in [2.05, 4.69) is 4.74 Å². The molecule has 2 N–H and O–H groups in total. The van der Waals surface area contributed by atoms with Gasteiger partial charge in [-0.3, -0.25) is 0 Å². The Hall–Kier alpha value is -1.65. The summed E-state index contributed by atoms with van der Waals surface area (Å²) < 4.78 is 31.0. The fraction of sp³-hybridized carbons (Fsp3) is 0.300. The van der Waals surface area contributed by atoms with Gasteiger partial charge in [-0.25, -0.2) is 4.79 Å². The van der Waals surface area contributed by atoms with Crippen LogP contribution >= 0.6 is 0 Å². The van der Waals surface area contributed by atoms with Gasteiger partial charge in [0.1, 0.15) is 0 Å². The van der Waals surface area contributed by atoms with Crippen LogP contribution in [0.2, 0.25) is 0 Å². The molecule has 0 fully saturated rings. The highest BCUT2D eigenvalue weighted by Crippen LogP contribution is 2.29. The minimum Gasteiger partial charge on any atom is -0.461 e. The number of anilines is 1. The van der Waals surface area contributed by atoms with Gasteiger partial charge in [0.2, 0.25) is 0 Å². The van der Waals surface area contributed by atoms with Gasteiger partial charge in [0, 0.05) is 11.3 Å². The van der Waals surface area contributed by atoms with Crippen LogP contribution in [0.1, 0.15) is 12.5 Å². The molecule has 82 valence electrons. The molecule has 3 nitrogen and oxygen atoms in total. The molecule has 0 amide bonds. The van der Waals surface area contributed by atoms with Crippen molar-refractivity contribution in [2.45, 2.75) is 12.8 Å². The first kappa shape index (κ1) is 11.4. The molecular formula is C10H11F2NO2. The van der Waals surface area contributed by atoms with Crippen LogP contribution in [0.25, 0.3) is 0 Å². The molecular weight excluding hydrogens is 204 g/mol. The number of carbonyl (C=O) groups excluding carboxylic acids is 1. The Kier molecular flexibility index (Phi) is 3.24. The Morgan fingerprint density at radius 3 is 2.40 bits per heavy atom. The van der Waals surface area contributed by atoms with Crippen LogP contribution in [0, 0.1) is 0 Å². The predicted molar refractivity (Wildman–Crippen MR) is 51.4 cm³/mol. The Labute approximate surface area is 85.8 Å². The molecule has 1 aromatic rings. The van der Waals surface area contributed by atoms with Gasteiger partial charge in [-0.2, -0.15) is 8.78 Å². The zero-order valence-electron chi connectivity index (χ0n) is 8.17. The van der Waals surface area contributed by atoms with Crippen LogP contribution in [0.15, 0.2) is 24.3 Å². The summed E-state index contributed by atoms with van der Waals surface area (Å²) in [5.41, 5.74) is 5.28. The molecule has 0 atom stereocenters. The highest BCUT2D eigenvalue weighted by atomic mass is 19.3. The summed E-state index contributed by atoms with van der Waals surface area (Å²) in [5.74, 6) is -5.17. The maximum Gasteiger partial charge on any atom is 0.381 e. The quantitative estimate of drug-likeness (QED) is 0.619. The van der Waals surface area contributed by atoms with E-state index < -0.39 is 17.5 Å².